The highest BCUT2D eigenvalue weighted by atomic mass is 35.5. The molecule has 0 spiro atoms. The van der Waals surface area contributed by atoms with Crippen molar-refractivity contribution < 1.29 is 4.79 Å². The van der Waals surface area contributed by atoms with Gasteiger partial charge in [-0.15, -0.1) is 0 Å². The molecule has 0 aliphatic rings. The number of benzene rings is 2. The molecule has 0 unspecified atom stereocenters. The van der Waals surface area contributed by atoms with Gasteiger partial charge in [-0.1, -0.05) is 47.5 Å². The second kappa shape index (κ2) is 8.70. The zero-order valence-corrected chi connectivity index (χ0v) is 19.1. The zero-order valence-electron chi connectivity index (χ0n) is 17.6. The summed E-state index contributed by atoms with van der Waals surface area (Å²) < 4.78 is 1.95. The van der Waals surface area contributed by atoms with E-state index < -0.39 is 0 Å². The van der Waals surface area contributed by atoms with Crippen LogP contribution in [0.1, 0.15) is 10.4 Å². The predicted molar refractivity (Wildman–Crippen MR) is 133 cm³/mol. The van der Waals surface area contributed by atoms with Gasteiger partial charge in [0, 0.05) is 52.5 Å². The van der Waals surface area contributed by atoms with Crippen molar-refractivity contribution in [1.29, 1.82) is 0 Å². The molecule has 0 atom stereocenters. The molecule has 0 aliphatic heterocycles. The molecule has 1 amide bonds. The normalized spacial score (nSPS) is 11.0. The van der Waals surface area contributed by atoms with Gasteiger partial charge in [0.1, 0.15) is 5.65 Å². The maximum absolute atomic E-state index is 13.2. The minimum atomic E-state index is -0.133. The number of hydrogen-bond acceptors (Lipinski definition) is 3. The van der Waals surface area contributed by atoms with Crippen LogP contribution in [0.3, 0.4) is 0 Å². The van der Waals surface area contributed by atoms with Crippen LogP contribution in [0.2, 0.25) is 10.0 Å². The van der Waals surface area contributed by atoms with Crippen molar-refractivity contribution in [3.63, 3.8) is 0 Å². The van der Waals surface area contributed by atoms with Gasteiger partial charge in [-0.2, -0.15) is 0 Å². The summed E-state index contributed by atoms with van der Waals surface area (Å²) in [5.41, 5.74) is 5.55. The Bertz CT molecular complexity index is 1450. The number of amides is 1. The fraction of sp³-hybridized carbons (Fsp3) is 0.0385. The first-order valence-corrected chi connectivity index (χ1v) is 11.0. The van der Waals surface area contributed by atoms with Gasteiger partial charge in [0.25, 0.3) is 5.91 Å². The lowest BCUT2D eigenvalue weighted by molar-refractivity contribution is 0.0992. The summed E-state index contributed by atoms with van der Waals surface area (Å²) in [6, 6.07) is 22.4. The SMILES string of the molecule is CN(C(=O)c1ccc2nc(-c3ccc(Cl)cc3)c(-c3ccc(Cl)cc3)n2c1)c1ccncc1. The number of aromatic nitrogens is 3. The molecule has 5 aromatic rings. The largest absolute Gasteiger partial charge is 0.311 e. The summed E-state index contributed by atoms with van der Waals surface area (Å²) in [6.07, 6.45) is 5.15. The van der Waals surface area contributed by atoms with E-state index >= 15 is 0 Å². The van der Waals surface area contributed by atoms with Crippen LogP contribution in [-0.4, -0.2) is 27.3 Å². The number of imidazole rings is 1. The molecule has 0 saturated heterocycles. The van der Waals surface area contributed by atoms with E-state index in [4.69, 9.17) is 28.2 Å². The van der Waals surface area contributed by atoms with Gasteiger partial charge in [-0.05, 0) is 48.5 Å². The number of hydrogen-bond donors (Lipinski definition) is 0. The molecule has 0 radical (unpaired) electrons. The molecule has 5 rings (SSSR count). The Labute approximate surface area is 200 Å². The maximum atomic E-state index is 13.2. The zero-order chi connectivity index (χ0) is 22.9. The Balaban J connectivity index is 1.67. The lowest BCUT2D eigenvalue weighted by atomic mass is 10.0. The number of pyridine rings is 2. The van der Waals surface area contributed by atoms with Crippen LogP contribution in [0, 0.1) is 0 Å². The molecule has 7 heteroatoms. The van der Waals surface area contributed by atoms with Crippen LogP contribution in [0.25, 0.3) is 28.2 Å². The lowest BCUT2D eigenvalue weighted by Crippen LogP contribution is -2.26. The number of rotatable bonds is 4. The van der Waals surface area contributed by atoms with E-state index in [0.29, 0.717) is 15.6 Å². The predicted octanol–water partition coefficient (Wildman–Crippen LogP) is 6.65. The summed E-state index contributed by atoms with van der Waals surface area (Å²) in [4.78, 5) is 23.7. The van der Waals surface area contributed by atoms with Crippen LogP contribution in [0.15, 0.2) is 91.4 Å². The number of anilines is 1. The third kappa shape index (κ3) is 4.09. The van der Waals surface area contributed by atoms with Crippen LogP contribution >= 0.6 is 23.2 Å². The fourth-order valence-electron chi connectivity index (χ4n) is 3.74. The first-order chi connectivity index (χ1) is 16.0. The average molecular weight is 473 g/mol. The minimum absolute atomic E-state index is 0.133. The summed E-state index contributed by atoms with van der Waals surface area (Å²) in [5.74, 6) is -0.133. The Hall–Kier alpha value is -3.67. The topological polar surface area (TPSA) is 50.5 Å². The highest BCUT2D eigenvalue weighted by molar-refractivity contribution is 6.31. The second-order valence-electron chi connectivity index (χ2n) is 7.54. The van der Waals surface area contributed by atoms with E-state index in [1.807, 2.05) is 65.2 Å². The molecule has 0 saturated carbocycles. The molecular formula is C26H18Cl2N4O. The summed E-state index contributed by atoms with van der Waals surface area (Å²) in [6.45, 7) is 0. The first-order valence-electron chi connectivity index (χ1n) is 10.2. The average Bonchev–Trinajstić information content (AvgIpc) is 3.23. The van der Waals surface area contributed by atoms with Gasteiger partial charge in [-0.25, -0.2) is 4.98 Å². The second-order valence-corrected chi connectivity index (χ2v) is 8.41. The Morgan fingerprint density at radius 3 is 2.06 bits per heavy atom. The number of nitrogens with zero attached hydrogens (tertiary/aromatic N) is 4. The van der Waals surface area contributed by atoms with Gasteiger partial charge in [-0.3, -0.25) is 14.2 Å². The molecule has 3 aromatic heterocycles. The van der Waals surface area contributed by atoms with E-state index in [1.165, 1.54) is 0 Å². The Morgan fingerprint density at radius 1 is 0.818 bits per heavy atom. The molecule has 0 fully saturated rings. The van der Waals surface area contributed by atoms with Crippen LogP contribution in [-0.2, 0) is 0 Å². The third-order valence-electron chi connectivity index (χ3n) is 5.46. The smallest absolute Gasteiger partial charge is 0.259 e. The van der Waals surface area contributed by atoms with Gasteiger partial charge in [0.15, 0.2) is 0 Å². The van der Waals surface area contributed by atoms with Crippen molar-refractivity contribution in [2.24, 2.45) is 0 Å². The van der Waals surface area contributed by atoms with E-state index in [1.54, 1.807) is 42.5 Å². The Morgan fingerprint density at radius 2 is 1.42 bits per heavy atom. The first kappa shape index (κ1) is 21.2. The summed E-state index contributed by atoms with van der Waals surface area (Å²) in [7, 11) is 1.75. The summed E-state index contributed by atoms with van der Waals surface area (Å²) >= 11 is 12.2. The van der Waals surface area contributed by atoms with Gasteiger partial charge in [0.05, 0.1) is 17.0 Å². The van der Waals surface area contributed by atoms with Crippen molar-refractivity contribution in [3.05, 3.63) is 107 Å². The monoisotopic (exact) mass is 472 g/mol. The van der Waals surface area contributed by atoms with E-state index in [2.05, 4.69) is 4.98 Å². The molecule has 3 heterocycles. The van der Waals surface area contributed by atoms with E-state index in [9.17, 15) is 4.79 Å². The van der Waals surface area contributed by atoms with Crippen LogP contribution < -0.4 is 4.90 Å². The van der Waals surface area contributed by atoms with Gasteiger partial charge < -0.3 is 4.90 Å². The standard InChI is InChI=1S/C26H18Cl2N4O/c1-31(22-12-14-29-15-13-22)26(33)19-6-11-23-30-24(17-2-7-20(27)8-3-17)25(32(23)16-19)18-4-9-21(28)10-5-18/h2-16H,1H3. The van der Waals surface area contributed by atoms with Crippen LogP contribution in [0.5, 0.6) is 0 Å². The number of fused-ring (bicyclic) bond motifs is 1. The van der Waals surface area contributed by atoms with Gasteiger partial charge >= 0.3 is 0 Å². The maximum Gasteiger partial charge on any atom is 0.259 e. The fourth-order valence-corrected chi connectivity index (χ4v) is 3.99. The van der Waals surface area contributed by atoms with E-state index in [0.717, 1.165) is 33.8 Å². The van der Waals surface area contributed by atoms with Crippen molar-refractivity contribution in [2.75, 3.05) is 11.9 Å². The minimum Gasteiger partial charge on any atom is -0.311 e. The lowest BCUT2D eigenvalue weighted by Gasteiger charge is -2.17. The highest BCUT2D eigenvalue weighted by Crippen LogP contribution is 2.34. The molecule has 2 aromatic carbocycles. The molecule has 162 valence electrons. The highest BCUT2D eigenvalue weighted by Gasteiger charge is 2.19. The van der Waals surface area contributed by atoms with Crippen molar-refractivity contribution >= 4 is 40.4 Å². The third-order valence-corrected chi connectivity index (χ3v) is 5.96. The Kier molecular flexibility index (Phi) is 5.58. The molecule has 5 nitrogen and oxygen atoms in total. The number of halogens is 2. The van der Waals surface area contributed by atoms with Crippen molar-refractivity contribution in [3.8, 4) is 22.5 Å². The van der Waals surface area contributed by atoms with Crippen molar-refractivity contribution in [2.45, 2.75) is 0 Å². The molecule has 0 aliphatic carbocycles. The van der Waals surface area contributed by atoms with E-state index in [-0.39, 0.29) is 5.91 Å². The number of carbonyl (C=O) groups is 1. The summed E-state index contributed by atoms with van der Waals surface area (Å²) in [5, 5.41) is 1.30. The molecule has 33 heavy (non-hydrogen) atoms. The molecule has 0 N–H and O–H groups in total. The van der Waals surface area contributed by atoms with Crippen molar-refractivity contribution in [1.82, 2.24) is 14.4 Å². The quantitative estimate of drug-likeness (QED) is 0.294. The van der Waals surface area contributed by atoms with Gasteiger partial charge in [0.2, 0.25) is 0 Å². The molecular weight excluding hydrogens is 455 g/mol. The molecule has 0 bridgehead atoms. The number of carbonyl (C=O) groups excluding carboxylic acids is 1. The van der Waals surface area contributed by atoms with Crippen LogP contribution in [0.4, 0.5) is 5.69 Å².